The van der Waals surface area contributed by atoms with Gasteiger partial charge in [0.15, 0.2) is 5.13 Å². The van der Waals surface area contributed by atoms with Gasteiger partial charge < -0.3 is 4.42 Å². The van der Waals surface area contributed by atoms with Crippen LogP contribution in [0.5, 0.6) is 0 Å². The molecule has 5 nitrogen and oxygen atoms in total. The summed E-state index contributed by atoms with van der Waals surface area (Å²) in [5, 5.41) is 13.4. The molecule has 2 aromatic heterocycles. The molecule has 0 bridgehead atoms. The number of nitriles is 1. The maximum Gasteiger partial charge on any atom is 0.268 e. The molecule has 0 radical (unpaired) electrons. The van der Waals surface area contributed by atoms with Crippen molar-refractivity contribution >= 4 is 51.7 Å². The third kappa shape index (κ3) is 5.68. The minimum atomic E-state index is -0.604. The fourth-order valence-electron chi connectivity index (χ4n) is 2.95. The first-order valence-corrected chi connectivity index (χ1v) is 11.2. The second-order valence-corrected chi connectivity index (χ2v) is 8.82. The highest BCUT2D eigenvalue weighted by Gasteiger charge is 2.14. The van der Waals surface area contributed by atoms with Gasteiger partial charge >= 0.3 is 0 Å². The van der Waals surface area contributed by atoms with Gasteiger partial charge in [0.2, 0.25) is 0 Å². The molecule has 33 heavy (non-hydrogen) atoms. The van der Waals surface area contributed by atoms with Crippen LogP contribution in [0.4, 0.5) is 9.52 Å². The van der Waals surface area contributed by atoms with Crippen LogP contribution in [0.15, 0.2) is 70.8 Å². The number of hydrogen-bond donors (Lipinski definition) is 1. The maximum atomic E-state index is 13.1. The lowest BCUT2D eigenvalue weighted by atomic mass is 10.1. The van der Waals surface area contributed by atoms with Gasteiger partial charge in [-0.25, -0.2) is 9.37 Å². The van der Waals surface area contributed by atoms with Crippen molar-refractivity contribution in [1.82, 2.24) is 4.98 Å². The summed E-state index contributed by atoms with van der Waals surface area (Å²) >= 11 is 13.3. The van der Waals surface area contributed by atoms with E-state index in [0.29, 0.717) is 38.7 Å². The van der Waals surface area contributed by atoms with Crippen LogP contribution in [0.3, 0.4) is 0 Å². The van der Waals surface area contributed by atoms with Gasteiger partial charge in [-0.1, -0.05) is 29.3 Å². The number of thiazole rings is 1. The van der Waals surface area contributed by atoms with Crippen LogP contribution in [0.25, 0.3) is 17.4 Å². The number of rotatable bonds is 6. The van der Waals surface area contributed by atoms with Crippen molar-refractivity contribution in [3.05, 3.63) is 98.4 Å². The summed E-state index contributed by atoms with van der Waals surface area (Å²) in [7, 11) is 0. The van der Waals surface area contributed by atoms with Crippen LogP contribution in [0.2, 0.25) is 10.0 Å². The number of nitrogens with zero attached hydrogens (tertiary/aromatic N) is 2. The Morgan fingerprint density at radius 3 is 2.67 bits per heavy atom. The van der Waals surface area contributed by atoms with Crippen LogP contribution in [0.1, 0.15) is 16.2 Å². The topological polar surface area (TPSA) is 78.9 Å². The largest absolute Gasteiger partial charge is 0.457 e. The van der Waals surface area contributed by atoms with E-state index in [1.807, 2.05) is 12.1 Å². The number of carbonyl (C=O) groups excluding carboxylic acids is 1. The highest BCUT2D eigenvalue weighted by Crippen LogP contribution is 2.27. The van der Waals surface area contributed by atoms with Crippen molar-refractivity contribution in [2.75, 3.05) is 5.32 Å². The number of nitrogens with one attached hydrogen (secondary N) is 1. The van der Waals surface area contributed by atoms with Crippen molar-refractivity contribution in [3.8, 4) is 17.4 Å². The molecule has 0 unspecified atom stereocenters. The first-order chi connectivity index (χ1) is 15.9. The van der Waals surface area contributed by atoms with Crippen LogP contribution < -0.4 is 5.32 Å². The molecule has 2 heterocycles. The van der Waals surface area contributed by atoms with E-state index >= 15 is 0 Å². The summed E-state index contributed by atoms with van der Waals surface area (Å²) in [5.74, 6) is -0.143. The van der Waals surface area contributed by atoms with Crippen LogP contribution in [0, 0.1) is 17.1 Å². The Morgan fingerprint density at radius 1 is 1.15 bits per heavy atom. The van der Waals surface area contributed by atoms with E-state index in [2.05, 4.69) is 10.3 Å². The van der Waals surface area contributed by atoms with Crippen molar-refractivity contribution in [2.24, 2.45) is 0 Å². The zero-order valence-corrected chi connectivity index (χ0v) is 19.1. The lowest BCUT2D eigenvalue weighted by Gasteiger charge is -2.01. The van der Waals surface area contributed by atoms with Crippen LogP contribution in [-0.4, -0.2) is 10.9 Å². The molecule has 0 aliphatic heterocycles. The van der Waals surface area contributed by atoms with Crippen LogP contribution >= 0.6 is 34.5 Å². The fraction of sp³-hybridized carbons (Fsp3) is 0.0417. The van der Waals surface area contributed by atoms with Crippen LogP contribution in [-0.2, 0) is 11.2 Å². The summed E-state index contributed by atoms with van der Waals surface area (Å²) in [4.78, 5) is 17.7. The monoisotopic (exact) mass is 497 g/mol. The summed E-state index contributed by atoms with van der Waals surface area (Å²) in [6.45, 7) is 0. The van der Waals surface area contributed by atoms with Gasteiger partial charge in [-0.3, -0.25) is 10.1 Å². The van der Waals surface area contributed by atoms with Gasteiger partial charge in [-0.15, -0.1) is 11.3 Å². The molecule has 4 rings (SSSR count). The molecule has 0 atom stereocenters. The van der Waals surface area contributed by atoms with Crippen molar-refractivity contribution in [3.63, 3.8) is 0 Å². The fourth-order valence-corrected chi connectivity index (χ4v) is 4.12. The van der Waals surface area contributed by atoms with Gasteiger partial charge in [0.05, 0.1) is 10.0 Å². The Kier molecular flexibility index (Phi) is 6.90. The Hall–Kier alpha value is -3.44. The highest BCUT2D eigenvalue weighted by molar-refractivity contribution is 7.15. The van der Waals surface area contributed by atoms with Crippen molar-refractivity contribution in [1.29, 1.82) is 5.26 Å². The molecule has 1 amide bonds. The van der Waals surface area contributed by atoms with E-state index in [1.54, 1.807) is 42.6 Å². The Balaban J connectivity index is 1.44. The second kappa shape index (κ2) is 10.0. The van der Waals surface area contributed by atoms with E-state index in [-0.39, 0.29) is 11.4 Å². The van der Waals surface area contributed by atoms with E-state index < -0.39 is 5.91 Å². The standard InChI is InChI=1S/C24H14Cl2FN3O2S/c25-20-7-1-14(10-21(20)26)9-19-13-29-24(33-19)30-23(31)16(12-28)11-18-6-8-22(32-18)15-2-4-17(27)5-3-15/h1-8,10-11,13H,9H2,(H,29,30,31). The molecule has 9 heteroatoms. The average Bonchev–Trinajstić information content (AvgIpc) is 3.44. The molecule has 0 spiro atoms. The number of aromatic nitrogens is 1. The SMILES string of the molecule is N#CC(=Cc1ccc(-c2ccc(F)cc2)o1)C(=O)Nc1ncc(Cc2ccc(Cl)c(Cl)c2)s1. The summed E-state index contributed by atoms with van der Waals surface area (Å²) in [5.41, 5.74) is 1.49. The Morgan fingerprint density at radius 2 is 1.94 bits per heavy atom. The molecular formula is C24H14Cl2FN3O2S. The van der Waals surface area contributed by atoms with Crippen molar-refractivity contribution in [2.45, 2.75) is 6.42 Å². The van der Waals surface area contributed by atoms with E-state index in [9.17, 15) is 14.4 Å². The zero-order valence-electron chi connectivity index (χ0n) is 16.8. The van der Waals surface area contributed by atoms with E-state index in [4.69, 9.17) is 27.6 Å². The molecule has 2 aromatic carbocycles. The minimum absolute atomic E-state index is 0.142. The van der Waals surface area contributed by atoms with E-state index in [1.165, 1.54) is 29.5 Å². The van der Waals surface area contributed by atoms with Gasteiger partial charge in [-0.05, 0) is 54.1 Å². The second-order valence-electron chi connectivity index (χ2n) is 6.89. The normalized spacial score (nSPS) is 11.3. The quantitative estimate of drug-likeness (QED) is 0.230. The average molecular weight is 498 g/mol. The number of carbonyl (C=O) groups is 1. The predicted octanol–water partition coefficient (Wildman–Crippen LogP) is 6.99. The number of hydrogen-bond acceptors (Lipinski definition) is 5. The first kappa shape index (κ1) is 22.7. The molecular weight excluding hydrogens is 484 g/mol. The Labute approximate surface area is 202 Å². The molecule has 0 saturated heterocycles. The third-order valence-electron chi connectivity index (χ3n) is 4.54. The van der Waals surface area contributed by atoms with Gasteiger partial charge in [0.25, 0.3) is 5.91 Å². The van der Waals surface area contributed by atoms with E-state index in [0.717, 1.165) is 10.4 Å². The predicted molar refractivity (Wildman–Crippen MR) is 128 cm³/mol. The van der Waals surface area contributed by atoms with Gasteiger partial charge in [-0.2, -0.15) is 5.26 Å². The number of amides is 1. The third-order valence-corrected chi connectivity index (χ3v) is 6.20. The lowest BCUT2D eigenvalue weighted by Crippen LogP contribution is -2.13. The summed E-state index contributed by atoms with van der Waals surface area (Å²) < 4.78 is 18.8. The number of halogens is 3. The molecule has 0 aliphatic carbocycles. The first-order valence-electron chi connectivity index (χ1n) is 9.59. The Bertz CT molecular complexity index is 1390. The van der Waals surface area contributed by atoms with Crippen molar-refractivity contribution < 1.29 is 13.6 Å². The molecule has 0 saturated carbocycles. The molecule has 0 aliphatic rings. The highest BCUT2D eigenvalue weighted by atomic mass is 35.5. The van der Waals surface area contributed by atoms with Gasteiger partial charge in [0, 0.05) is 29.1 Å². The molecule has 164 valence electrons. The number of anilines is 1. The maximum absolute atomic E-state index is 13.1. The summed E-state index contributed by atoms with van der Waals surface area (Å²) in [6, 6.07) is 16.4. The van der Waals surface area contributed by atoms with Gasteiger partial charge in [0.1, 0.15) is 29.0 Å². The molecule has 1 N–H and O–H groups in total. The smallest absolute Gasteiger partial charge is 0.268 e. The zero-order chi connectivity index (χ0) is 23.4. The minimum Gasteiger partial charge on any atom is -0.457 e. The summed E-state index contributed by atoms with van der Waals surface area (Å²) in [6.07, 6.45) is 3.57. The number of furan rings is 1. The number of benzene rings is 2. The molecule has 0 fully saturated rings. The molecule has 4 aromatic rings. The lowest BCUT2D eigenvalue weighted by molar-refractivity contribution is -0.112.